The molecule has 0 unspecified atom stereocenters. The minimum absolute atomic E-state index is 0.122. The Morgan fingerprint density at radius 3 is 2.56 bits per heavy atom. The third-order valence-electron chi connectivity index (χ3n) is 5.36. The average molecular weight is 569 g/mol. The molecular weight excluding hydrogens is 541 g/mol. The summed E-state index contributed by atoms with van der Waals surface area (Å²) < 4.78 is 16.9. The van der Waals surface area contributed by atoms with Crippen LogP contribution in [0.25, 0.3) is 6.08 Å². The van der Waals surface area contributed by atoms with Crippen LogP contribution in [0.5, 0.6) is 11.5 Å². The lowest BCUT2D eigenvalue weighted by Crippen LogP contribution is -2.29. The molecule has 0 spiro atoms. The molecule has 1 aliphatic rings. The van der Waals surface area contributed by atoms with E-state index in [0.717, 1.165) is 24.8 Å². The van der Waals surface area contributed by atoms with E-state index in [4.69, 9.17) is 49.6 Å². The monoisotopic (exact) mass is 567 g/mol. The van der Waals surface area contributed by atoms with Gasteiger partial charge >= 0.3 is 5.97 Å². The number of halogens is 2. The van der Waals surface area contributed by atoms with Gasteiger partial charge in [-0.05, 0) is 55.7 Å². The van der Waals surface area contributed by atoms with Gasteiger partial charge in [-0.25, -0.2) is 0 Å². The van der Waals surface area contributed by atoms with Crippen molar-refractivity contribution in [2.75, 3.05) is 20.3 Å². The molecule has 192 valence electrons. The van der Waals surface area contributed by atoms with E-state index in [9.17, 15) is 9.59 Å². The number of unbranched alkanes of at least 4 members (excludes halogenated alkanes) is 2. The van der Waals surface area contributed by atoms with Crippen LogP contribution in [0.1, 0.15) is 43.7 Å². The van der Waals surface area contributed by atoms with Crippen LogP contribution in [0.15, 0.2) is 41.3 Å². The molecule has 0 saturated carbocycles. The Bertz CT molecular complexity index is 1130. The number of thiocarbonyl (C=S) groups is 1. The molecule has 1 saturated heterocycles. The highest BCUT2D eigenvalue weighted by atomic mass is 35.5. The lowest BCUT2D eigenvalue weighted by Gasteiger charge is -2.14. The zero-order valence-electron chi connectivity index (χ0n) is 20.1. The molecule has 6 nitrogen and oxygen atoms in total. The second-order valence-electron chi connectivity index (χ2n) is 7.85. The maximum Gasteiger partial charge on any atom is 0.305 e. The van der Waals surface area contributed by atoms with E-state index in [2.05, 4.69) is 0 Å². The van der Waals surface area contributed by atoms with Crippen LogP contribution in [0.3, 0.4) is 0 Å². The lowest BCUT2D eigenvalue weighted by molar-refractivity contribution is -0.143. The SMILES string of the molecule is CCOC(=O)CCCCCN1C(=O)/C(=C/c2ccc(OCc3c(Cl)cccc3Cl)c(OC)c2)SC1=S. The van der Waals surface area contributed by atoms with Gasteiger partial charge in [-0.2, -0.15) is 0 Å². The Hall–Kier alpha value is -2.26. The normalized spacial score (nSPS) is 14.4. The van der Waals surface area contributed by atoms with Crippen molar-refractivity contribution in [3.05, 3.63) is 62.5 Å². The molecule has 1 heterocycles. The second-order valence-corrected chi connectivity index (χ2v) is 10.3. The van der Waals surface area contributed by atoms with Crippen molar-refractivity contribution in [1.82, 2.24) is 4.90 Å². The summed E-state index contributed by atoms with van der Waals surface area (Å²) in [4.78, 5) is 26.5. The van der Waals surface area contributed by atoms with E-state index in [1.165, 1.54) is 11.8 Å². The molecule has 0 N–H and O–H groups in total. The molecule has 3 rings (SSSR count). The van der Waals surface area contributed by atoms with Crippen LogP contribution >= 0.6 is 47.2 Å². The molecule has 0 atom stereocenters. The standard InChI is InChI=1S/C26H27Cl2NO5S2/c1-3-33-24(30)10-5-4-6-13-29-25(31)23(36-26(29)35)15-17-11-12-21(22(14-17)32-2)34-16-18-19(27)8-7-9-20(18)28/h7-9,11-12,14-15H,3-6,10,13,16H2,1-2H3/b23-15-. The summed E-state index contributed by atoms with van der Waals surface area (Å²) in [6, 6.07) is 10.7. The van der Waals surface area contributed by atoms with Gasteiger partial charge in [0.2, 0.25) is 0 Å². The minimum atomic E-state index is -0.189. The summed E-state index contributed by atoms with van der Waals surface area (Å²) in [5.74, 6) is 0.735. The van der Waals surface area contributed by atoms with E-state index >= 15 is 0 Å². The molecule has 2 aromatic rings. The molecule has 0 aliphatic carbocycles. The van der Waals surface area contributed by atoms with Crippen molar-refractivity contribution in [3.8, 4) is 11.5 Å². The van der Waals surface area contributed by atoms with Crippen LogP contribution < -0.4 is 9.47 Å². The van der Waals surface area contributed by atoms with Crippen LogP contribution in [0.2, 0.25) is 10.0 Å². The number of methoxy groups -OCH3 is 1. The topological polar surface area (TPSA) is 65.1 Å². The zero-order valence-corrected chi connectivity index (χ0v) is 23.2. The molecule has 10 heteroatoms. The van der Waals surface area contributed by atoms with Gasteiger partial charge < -0.3 is 14.2 Å². The number of carbonyl (C=O) groups excluding carboxylic acids is 2. The minimum Gasteiger partial charge on any atom is -0.493 e. The third-order valence-corrected chi connectivity index (χ3v) is 7.45. The first-order chi connectivity index (χ1) is 17.3. The number of esters is 1. The summed E-state index contributed by atoms with van der Waals surface area (Å²) in [6.45, 7) is 2.89. The number of ether oxygens (including phenoxy) is 3. The average Bonchev–Trinajstić information content (AvgIpc) is 3.11. The molecule has 0 aromatic heterocycles. The number of carbonyl (C=O) groups is 2. The Kier molecular flexibility index (Phi) is 10.9. The quantitative estimate of drug-likeness (QED) is 0.119. The maximum atomic E-state index is 12.9. The van der Waals surface area contributed by atoms with Gasteiger partial charge in [0.15, 0.2) is 11.5 Å². The van der Waals surface area contributed by atoms with Crippen molar-refractivity contribution in [1.29, 1.82) is 0 Å². The van der Waals surface area contributed by atoms with Gasteiger partial charge in [-0.3, -0.25) is 14.5 Å². The highest BCUT2D eigenvalue weighted by molar-refractivity contribution is 8.26. The number of benzene rings is 2. The molecule has 1 amide bonds. The highest BCUT2D eigenvalue weighted by Gasteiger charge is 2.31. The van der Waals surface area contributed by atoms with E-state index < -0.39 is 0 Å². The largest absolute Gasteiger partial charge is 0.493 e. The van der Waals surface area contributed by atoms with Crippen molar-refractivity contribution in [2.45, 2.75) is 39.2 Å². The van der Waals surface area contributed by atoms with E-state index in [1.54, 1.807) is 55.3 Å². The zero-order chi connectivity index (χ0) is 26.1. The van der Waals surface area contributed by atoms with Gasteiger partial charge in [0.25, 0.3) is 5.91 Å². The van der Waals surface area contributed by atoms with Crippen molar-refractivity contribution >= 4 is 69.5 Å². The Morgan fingerprint density at radius 1 is 1.11 bits per heavy atom. The number of hydrogen-bond donors (Lipinski definition) is 0. The first-order valence-electron chi connectivity index (χ1n) is 11.5. The van der Waals surface area contributed by atoms with E-state index in [0.29, 0.717) is 55.9 Å². The maximum absolute atomic E-state index is 12.9. The third kappa shape index (κ3) is 7.62. The fourth-order valence-electron chi connectivity index (χ4n) is 3.51. The van der Waals surface area contributed by atoms with Gasteiger partial charge in [-0.1, -0.05) is 65.7 Å². The van der Waals surface area contributed by atoms with Crippen LogP contribution in [-0.4, -0.2) is 41.4 Å². The molecule has 2 aromatic carbocycles. The van der Waals surface area contributed by atoms with Crippen molar-refractivity contribution in [2.24, 2.45) is 0 Å². The van der Waals surface area contributed by atoms with Crippen LogP contribution in [-0.2, 0) is 20.9 Å². The van der Waals surface area contributed by atoms with Gasteiger partial charge in [0.1, 0.15) is 10.9 Å². The number of thioether (sulfide) groups is 1. The first-order valence-corrected chi connectivity index (χ1v) is 13.5. The Labute approximate surface area is 230 Å². The van der Waals surface area contributed by atoms with Crippen molar-refractivity contribution in [3.63, 3.8) is 0 Å². The van der Waals surface area contributed by atoms with Crippen molar-refractivity contribution < 1.29 is 23.8 Å². The number of amides is 1. The first kappa shape index (κ1) is 28.3. The van der Waals surface area contributed by atoms with E-state index in [1.807, 2.05) is 6.07 Å². The predicted molar refractivity (Wildman–Crippen MR) is 149 cm³/mol. The molecule has 0 radical (unpaired) electrons. The second kappa shape index (κ2) is 13.9. The predicted octanol–water partition coefficient (Wildman–Crippen LogP) is 6.91. The number of nitrogens with zero attached hydrogens (tertiary/aromatic N) is 1. The lowest BCUT2D eigenvalue weighted by atomic mass is 10.1. The fraction of sp³-hybridized carbons (Fsp3) is 0.346. The summed E-state index contributed by atoms with van der Waals surface area (Å²) in [7, 11) is 1.55. The molecule has 36 heavy (non-hydrogen) atoms. The molecule has 0 bridgehead atoms. The highest BCUT2D eigenvalue weighted by Crippen LogP contribution is 2.35. The summed E-state index contributed by atoms with van der Waals surface area (Å²) in [5.41, 5.74) is 1.47. The molecular formula is C26H27Cl2NO5S2. The molecule has 1 aliphatic heterocycles. The number of hydrogen-bond acceptors (Lipinski definition) is 7. The van der Waals surface area contributed by atoms with Crippen LogP contribution in [0.4, 0.5) is 0 Å². The van der Waals surface area contributed by atoms with Gasteiger partial charge in [0, 0.05) is 28.6 Å². The Balaban J connectivity index is 1.60. The van der Waals surface area contributed by atoms with E-state index in [-0.39, 0.29) is 18.5 Å². The van der Waals surface area contributed by atoms with Crippen LogP contribution in [0, 0.1) is 0 Å². The summed E-state index contributed by atoms with van der Waals surface area (Å²) >= 11 is 19.2. The Morgan fingerprint density at radius 2 is 1.86 bits per heavy atom. The smallest absolute Gasteiger partial charge is 0.305 e. The van der Waals surface area contributed by atoms with Gasteiger partial charge in [0.05, 0.1) is 18.6 Å². The summed E-state index contributed by atoms with van der Waals surface area (Å²) in [5, 5.41) is 1.05. The van der Waals surface area contributed by atoms with Gasteiger partial charge in [-0.15, -0.1) is 0 Å². The summed E-state index contributed by atoms with van der Waals surface area (Å²) in [6.07, 6.45) is 4.47. The number of rotatable bonds is 12. The molecule has 1 fully saturated rings. The fourth-order valence-corrected chi connectivity index (χ4v) is 5.32.